The SMILES string of the molecule is COc1ccc(N=C(N)SCc2ccc(C[NH+](C)C)o2)cc1. The lowest BCUT2D eigenvalue weighted by molar-refractivity contribution is -0.873. The molecule has 0 saturated heterocycles. The van der Waals surface area contributed by atoms with Gasteiger partial charge in [0.05, 0.1) is 32.6 Å². The van der Waals surface area contributed by atoms with Crippen molar-refractivity contribution in [2.24, 2.45) is 10.7 Å². The van der Waals surface area contributed by atoms with Crippen molar-refractivity contribution in [1.82, 2.24) is 0 Å². The number of ether oxygens (including phenoxy) is 1. The maximum atomic E-state index is 5.95. The molecule has 5 nitrogen and oxygen atoms in total. The van der Waals surface area contributed by atoms with Gasteiger partial charge in [0, 0.05) is 0 Å². The largest absolute Gasteiger partial charge is 0.497 e. The smallest absolute Gasteiger partial charge is 0.159 e. The Balaban J connectivity index is 1.89. The molecule has 0 bridgehead atoms. The van der Waals surface area contributed by atoms with Crippen LogP contribution >= 0.6 is 11.8 Å². The van der Waals surface area contributed by atoms with Crippen LogP contribution in [0.3, 0.4) is 0 Å². The summed E-state index contributed by atoms with van der Waals surface area (Å²) in [6.45, 7) is 0.875. The molecular formula is C16H22N3O2S+. The van der Waals surface area contributed by atoms with Gasteiger partial charge in [0.25, 0.3) is 0 Å². The first-order valence-corrected chi connectivity index (χ1v) is 8.03. The van der Waals surface area contributed by atoms with Gasteiger partial charge in [-0.05, 0) is 36.4 Å². The van der Waals surface area contributed by atoms with Crippen LogP contribution in [0.15, 0.2) is 45.8 Å². The van der Waals surface area contributed by atoms with Gasteiger partial charge >= 0.3 is 0 Å². The van der Waals surface area contributed by atoms with Crippen LogP contribution in [0.1, 0.15) is 11.5 Å². The molecule has 0 aliphatic heterocycles. The van der Waals surface area contributed by atoms with Crippen LogP contribution in [0.4, 0.5) is 5.69 Å². The molecule has 0 saturated carbocycles. The second kappa shape index (κ2) is 7.91. The first-order valence-electron chi connectivity index (χ1n) is 7.04. The summed E-state index contributed by atoms with van der Waals surface area (Å²) in [5, 5.41) is 0.515. The third-order valence-electron chi connectivity index (χ3n) is 2.92. The minimum absolute atomic E-state index is 0.515. The fourth-order valence-electron chi connectivity index (χ4n) is 1.90. The van der Waals surface area contributed by atoms with Crippen molar-refractivity contribution in [2.75, 3.05) is 21.2 Å². The summed E-state index contributed by atoms with van der Waals surface area (Å²) in [5.74, 6) is 3.38. The van der Waals surface area contributed by atoms with Gasteiger partial charge in [-0.2, -0.15) is 0 Å². The Morgan fingerprint density at radius 3 is 2.50 bits per heavy atom. The molecule has 1 aromatic carbocycles. The maximum Gasteiger partial charge on any atom is 0.159 e. The molecule has 0 radical (unpaired) electrons. The van der Waals surface area contributed by atoms with E-state index in [1.165, 1.54) is 16.7 Å². The molecule has 1 heterocycles. The summed E-state index contributed by atoms with van der Waals surface area (Å²) < 4.78 is 10.9. The highest BCUT2D eigenvalue weighted by Gasteiger charge is 2.06. The number of nitrogens with two attached hydrogens (primary N) is 1. The number of benzene rings is 1. The van der Waals surface area contributed by atoms with E-state index in [0.717, 1.165) is 29.5 Å². The Hall–Kier alpha value is -1.92. The average molecular weight is 320 g/mol. The first kappa shape index (κ1) is 16.5. The Bertz CT molecular complexity index is 621. The quantitative estimate of drug-likeness (QED) is 0.629. The van der Waals surface area contributed by atoms with Crippen LogP contribution in [0, 0.1) is 0 Å². The molecule has 0 aliphatic rings. The topological polar surface area (TPSA) is 65.2 Å². The lowest BCUT2D eigenvalue weighted by Crippen LogP contribution is -3.04. The van der Waals surface area contributed by atoms with Crippen molar-refractivity contribution in [3.63, 3.8) is 0 Å². The molecule has 0 fully saturated rings. The van der Waals surface area contributed by atoms with E-state index in [4.69, 9.17) is 14.9 Å². The molecule has 0 unspecified atom stereocenters. The Labute approximate surface area is 135 Å². The van der Waals surface area contributed by atoms with E-state index in [9.17, 15) is 0 Å². The minimum Gasteiger partial charge on any atom is -0.497 e. The monoisotopic (exact) mass is 320 g/mol. The third-order valence-corrected chi connectivity index (χ3v) is 3.74. The summed E-state index contributed by atoms with van der Waals surface area (Å²) >= 11 is 1.46. The first-order chi connectivity index (χ1) is 10.6. The lowest BCUT2D eigenvalue weighted by Gasteiger charge is -2.03. The van der Waals surface area contributed by atoms with Crippen molar-refractivity contribution < 1.29 is 14.1 Å². The number of hydrogen-bond acceptors (Lipinski definition) is 4. The van der Waals surface area contributed by atoms with Gasteiger partial charge in [-0.15, -0.1) is 0 Å². The van der Waals surface area contributed by atoms with Gasteiger partial charge < -0.3 is 19.8 Å². The molecule has 1 aromatic heterocycles. The van der Waals surface area contributed by atoms with Crippen molar-refractivity contribution in [3.8, 4) is 5.75 Å². The van der Waals surface area contributed by atoms with Crippen molar-refractivity contribution in [2.45, 2.75) is 12.3 Å². The number of thioether (sulfide) groups is 1. The Morgan fingerprint density at radius 1 is 1.18 bits per heavy atom. The second-order valence-corrected chi connectivity index (χ2v) is 6.18. The zero-order valence-corrected chi connectivity index (χ0v) is 13.9. The van der Waals surface area contributed by atoms with E-state index >= 15 is 0 Å². The number of methoxy groups -OCH3 is 1. The van der Waals surface area contributed by atoms with Crippen molar-refractivity contribution in [1.29, 1.82) is 0 Å². The summed E-state index contributed by atoms with van der Waals surface area (Å²) in [6.07, 6.45) is 0. The molecule has 118 valence electrons. The van der Waals surface area contributed by atoms with E-state index in [0.29, 0.717) is 10.9 Å². The molecule has 0 amide bonds. The molecule has 3 N–H and O–H groups in total. The fraction of sp³-hybridized carbons (Fsp3) is 0.312. The van der Waals surface area contributed by atoms with Crippen LogP contribution in [-0.2, 0) is 12.3 Å². The van der Waals surface area contributed by atoms with Gasteiger partial charge in [0.15, 0.2) is 10.9 Å². The molecule has 0 spiro atoms. The summed E-state index contributed by atoms with van der Waals surface area (Å²) in [6, 6.07) is 11.5. The fourth-order valence-corrected chi connectivity index (χ4v) is 2.52. The summed E-state index contributed by atoms with van der Waals surface area (Å²) in [4.78, 5) is 5.69. The van der Waals surface area contributed by atoms with E-state index < -0.39 is 0 Å². The molecular weight excluding hydrogens is 298 g/mol. The zero-order chi connectivity index (χ0) is 15.9. The molecule has 0 aliphatic carbocycles. The van der Waals surface area contributed by atoms with E-state index in [-0.39, 0.29) is 0 Å². The highest BCUT2D eigenvalue weighted by atomic mass is 32.2. The van der Waals surface area contributed by atoms with Gasteiger partial charge in [-0.3, -0.25) is 0 Å². The van der Waals surface area contributed by atoms with E-state index in [1.54, 1.807) is 7.11 Å². The van der Waals surface area contributed by atoms with E-state index in [2.05, 4.69) is 19.1 Å². The predicted octanol–water partition coefficient (Wildman–Crippen LogP) is 1.81. The highest BCUT2D eigenvalue weighted by molar-refractivity contribution is 8.13. The van der Waals surface area contributed by atoms with Gasteiger partial charge in [0.2, 0.25) is 0 Å². The number of hydrogen-bond donors (Lipinski definition) is 2. The summed E-state index contributed by atoms with van der Waals surface area (Å²) in [5.41, 5.74) is 6.76. The van der Waals surface area contributed by atoms with Crippen LogP contribution in [0.2, 0.25) is 0 Å². The van der Waals surface area contributed by atoms with Crippen LogP contribution in [-0.4, -0.2) is 26.4 Å². The molecule has 22 heavy (non-hydrogen) atoms. The lowest BCUT2D eigenvalue weighted by atomic mass is 10.3. The number of aliphatic imine (C=N–C) groups is 1. The standard InChI is InChI=1S/C16H21N3O2S/c1-19(2)10-14-8-9-15(21-14)11-22-16(17)18-12-4-6-13(20-3)7-5-12/h4-9H,10-11H2,1-3H3,(H2,17,18)/p+1. The van der Waals surface area contributed by atoms with Crippen molar-refractivity contribution in [3.05, 3.63) is 47.9 Å². The van der Waals surface area contributed by atoms with Crippen LogP contribution in [0.25, 0.3) is 0 Å². The average Bonchev–Trinajstić information content (AvgIpc) is 2.93. The van der Waals surface area contributed by atoms with E-state index in [1.807, 2.05) is 36.4 Å². The van der Waals surface area contributed by atoms with Gasteiger partial charge in [0.1, 0.15) is 18.1 Å². The number of nitrogens with zero attached hydrogens (tertiary/aromatic N) is 1. The molecule has 0 atom stereocenters. The third kappa shape index (κ3) is 5.13. The number of furan rings is 1. The number of rotatable bonds is 6. The van der Waals surface area contributed by atoms with Gasteiger partial charge in [-0.25, -0.2) is 4.99 Å². The normalized spacial score (nSPS) is 11.9. The van der Waals surface area contributed by atoms with Crippen LogP contribution < -0.4 is 15.4 Å². The number of nitrogens with one attached hydrogen (secondary N) is 1. The maximum absolute atomic E-state index is 5.95. The second-order valence-electron chi connectivity index (χ2n) is 5.19. The molecule has 6 heteroatoms. The van der Waals surface area contributed by atoms with Crippen molar-refractivity contribution >= 4 is 22.6 Å². The van der Waals surface area contributed by atoms with Gasteiger partial charge in [-0.1, -0.05) is 11.8 Å². The predicted molar refractivity (Wildman–Crippen MR) is 90.8 cm³/mol. The Kier molecular flexibility index (Phi) is 5.91. The number of amidine groups is 1. The van der Waals surface area contributed by atoms with Crippen LogP contribution in [0.5, 0.6) is 5.75 Å². The molecule has 2 aromatic rings. The highest BCUT2D eigenvalue weighted by Crippen LogP contribution is 2.20. The Morgan fingerprint density at radius 2 is 1.86 bits per heavy atom. The molecule has 2 rings (SSSR count). The number of quaternary nitrogens is 1. The zero-order valence-electron chi connectivity index (χ0n) is 13.1. The summed E-state index contributed by atoms with van der Waals surface area (Å²) in [7, 11) is 5.82. The minimum atomic E-state index is 0.515.